The Labute approximate surface area is 212 Å². The topological polar surface area (TPSA) is 97.0 Å². The molecule has 4 rings (SSSR count). The third-order valence-electron chi connectivity index (χ3n) is 5.12. The molecule has 2 N–H and O–H groups in total. The van der Waals surface area contributed by atoms with Gasteiger partial charge in [-0.1, -0.05) is 79.3 Å². The molecule has 1 atom stereocenters. The summed E-state index contributed by atoms with van der Waals surface area (Å²) in [7, 11) is 0. The van der Waals surface area contributed by atoms with Crippen LogP contribution in [0, 0.1) is 0 Å². The zero-order valence-electron chi connectivity index (χ0n) is 19.5. The molecular formula is C26H26N4O3S2. The van der Waals surface area contributed by atoms with Crippen LogP contribution in [0.15, 0.2) is 71.2 Å². The van der Waals surface area contributed by atoms with E-state index in [1.165, 1.54) is 23.1 Å². The molecule has 180 valence electrons. The Morgan fingerprint density at radius 2 is 1.71 bits per heavy atom. The van der Waals surface area contributed by atoms with Gasteiger partial charge in [-0.3, -0.25) is 9.59 Å². The summed E-state index contributed by atoms with van der Waals surface area (Å²) < 4.78 is 4.96. The van der Waals surface area contributed by atoms with Crippen LogP contribution in [0.3, 0.4) is 0 Å². The molecule has 0 spiro atoms. The highest BCUT2D eigenvalue weighted by Crippen LogP contribution is 2.34. The van der Waals surface area contributed by atoms with Gasteiger partial charge in [0.15, 0.2) is 10.3 Å². The van der Waals surface area contributed by atoms with Gasteiger partial charge in [0, 0.05) is 16.5 Å². The Morgan fingerprint density at radius 1 is 1.03 bits per heavy atom. The number of imidazole rings is 1. The Kier molecular flexibility index (Phi) is 8.33. The molecule has 0 saturated carbocycles. The van der Waals surface area contributed by atoms with E-state index in [0.717, 1.165) is 22.5 Å². The summed E-state index contributed by atoms with van der Waals surface area (Å²) >= 11 is 2.68. The number of carbonyl (C=O) groups excluding carboxylic acids is 2. The maximum atomic E-state index is 13.0. The summed E-state index contributed by atoms with van der Waals surface area (Å²) in [5, 5.41) is 5.40. The summed E-state index contributed by atoms with van der Waals surface area (Å²) in [5.41, 5.74) is 4.37. The maximum absolute atomic E-state index is 13.0. The van der Waals surface area contributed by atoms with E-state index in [0.29, 0.717) is 29.0 Å². The van der Waals surface area contributed by atoms with Crippen LogP contribution in [0.2, 0.25) is 0 Å². The van der Waals surface area contributed by atoms with Crippen LogP contribution < -0.4 is 5.32 Å². The molecule has 0 aliphatic rings. The predicted molar refractivity (Wildman–Crippen MR) is 140 cm³/mol. The Hall–Kier alpha value is -3.43. The average molecular weight is 507 g/mol. The van der Waals surface area contributed by atoms with Crippen molar-refractivity contribution in [3.05, 3.63) is 71.7 Å². The first kappa shape index (κ1) is 24.7. The lowest BCUT2D eigenvalue weighted by Crippen LogP contribution is -2.24. The van der Waals surface area contributed by atoms with E-state index in [-0.39, 0.29) is 23.5 Å². The van der Waals surface area contributed by atoms with E-state index in [1.807, 2.05) is 67.6 Å². The molecule has 0 aliphatic carbocycles. The van der Waals surface area contributed by atoms with Gasteiger partial charge in [-0.15, -0.1) is 11.3 Å². The molecule has 1 unspecified atom stereocenters. The third kappa shape index (κ3) is 6.37. The number of aromatic amines is 1. The molecule has 0 bridgehead atoms. The number of anilines is 1. The number of H-pyrrole nitrogens is 1. The summed E-state index contributed by atoms with van der Waals surface area (Å²) in [6.45, 7) is 4.05. The summed E-state index contributed by atoms with van der Waals surface area (Å²) in [6.07, 6.45) is 0.697. The number of amides is 1. The lowest BCUT2D eigenvalue weighted by Gasteiger charge is -2.11. The SMILES string of the molecule is CCOC(=O)Cc1csc(NC(=O)C(CC)Sc2nc(-c3ccccc3)c(-c3ccccc3)[nH]2)n1. The number of nitrogens with one attached hydrogen (secondary N) is 2. The molecule has 0 saturated heterocycles. The number of rotatable bonds is 10. The van der Waals surface area contributed by atoms with Crippen molar-refractivity contribution in [3.8, 4) is 22.5 Å². The number of nitrogens with zero attached hydrogens (tertiary/aromatic N) is 2. The smallest absolute Gasteiger partial charge is 0.311 e. The summed E-state index contributed by atoms with van der Waals surface area (Å²) in [4.78, 5) is 37.3. The molecule has 1 amide bonds. The standard InChI is InChI=1S/C26H26N4O3S2/c1-3-20(24(32)30-25-27-19(16-34-25)15-21(31)33-4-2)35-26-28-22(17-11-7-5-8-12-17)23(29-26)18-13-9-6-10-14-18/h5-14,16,20H,3-4,15H2,1-2H3,(H,28,29)(H,27,30,32). The minimum absolute atomic E-state index is 0.0864. The fraction of sp³-hybridized carbons (Fsp3) is 0.231. The van der Waals surface area contributed by atoms with Crippen molar-refractivity contribution in [1.29, 1.82) is 0 Å². The van der Waals surface area contributed by atoms with Crippen molar-refractivity contribution in [2.45, 2.75) is 37.1 Å². The van der Waals surface area contributed by atoms with Crippen LogP contribution in [-0.4, -0.2) is 38.7 Å². The number of aromatic nitrogens is 3. The average Bonchev–Trinajstić information content (AvgIpc) is 3.50. The fourth-order valence-corrected chi connectivity index (χ4v) is 5.09. The van der Waals surface area contributed by atoms with Crippen molar-refractivity contribution < 1.29 is 14.3 Å². The minimum Gasteiger partial charge on any atom is -0.466 e. The summed E-state index contributed by atoms with van der Waals surface area (Å²) in [5.74, 6) is -0.493. The molecule has 0 fully saturated rings. The van der Waals surface area contributed by atoms with Crippen LogP contribution >= 0.6 is 23.1 Å². The number of carbonyl (C=O) groups is 2. The minimum atomic E-state index is -0.370. The van der Waals surface area contributed by atoms with Crippen molar-refractivity contribution in [3.63, 3.8) is 0 Å². The summed E-state index contributed by atoms with van der Waals surface area (Å²) in [6, 6.07) is 20.0. The Bertz CT molecular complexity index is 1220. The number of esters is 1. The van der Waals surface area contributed by atoms with Crippen LogP contribution in [-0.2, 0) is 20.7 Å². The number of hydrogen-bond donors (Lipinski definition) is 2. The largest absolute Gasteiger partial charge is 0.466 e. The van der Waals surface area contributed by atoms with E-state index in [9.17, 15) is 9.59 Å². The molecule has 7 nitrogen and oxygen atoms in total. The highest BCUT2D eigenvalue weighted by atomic mass is 32.2. The van der Waals surface area contributed by atoms with E-state index in [4.69, 9.17) is 9.72 Å². The number of ether oxygens (including phenoxy) is 1. The molecular weight excluding hydrogens is 480 g/mol. The maximum Gasteiger partial charge on any atom is 0.311 e. The van der Waals surface area contributed by atoms with E-state index in [1.54, 1.807) is 12.3 Å². The molecule has 0 aliphatic heterocycles. The van der Waals surface area contributed by atoms with E-state index >= 15 is 0 Å². The number of thiazole rings is 1. The van der Waals surface area contributed by atoms with Crippen LogP contribution in [0.5, 0.6) is 0 Å². The van der Waals surface area contributed by atoms with E-state index in [2.05, 4.69) is 15.3 Å². The second kappa shape index (κ2) is 11.8. The molecule has 2 aromatic carbocycles. The molecule has 0 radical (unpaired) electrons. The highest BCUT2D eigenvalue weighted by Gasteiger charge is 2.23. The van der Waals surface area contributed by atoms with Gasteiger partial charge in [-0.2, -0.15) is 0 Å². The van der Waals surface area contributed by atoms with Crippen molar-refractivity contribution in [2.75, 3.05) is 11.9 Å². The van der Waals surface area contributed by atoms with Gasteiger partial charge < -0.3 is 15.0 Å². The number of hydrogen-bond acceptors (Lipinski definition) is 7. The molecule has 4 aromatic rings. The zero-order valence-corrected chi connectivity index (χ0v) is 21.1. The molecule has 9 heteroatoms. The lowest BCUT2D eigenvalue weighted by atomic mass is 10.1. The molecule has 2 aromatic heterocycles. The van der Waals surface area contributed by atoms with Crippen molar-refractivity contribution in [1.82, 2.24) is 15.0 Å². The monoisotopic (exact) mass is 506 g/mol. The third-order valence-corrected chi connectivity index (χ3v) is 7.18. The second-order valence-corrected chi connectivity index (χ2v) is 9.68. The van der Waals surface area contributed by atoms with Crippen molar-refractivity contribution >= 4 is 40.1 Å². The van der Waals surface area contributed by atoms with Gasteiger partial charge in [-0.05, 0) is 13.3 Å². The molecule has 35 heavy (non-hydrogen) atoms. The predicted octanol–water partition coefficient (Wildman–Crippen LogP) is 5.82. The van der Waals surface area contributed by atoms with Crippen LogP contribution in [0.1, 0.15) is 26.0 Å². The fourth-order valence-electron chi connectivity index (χ4n) is 3.47. The Morgan fingerprint density at radius 3 is 2.37 bits per heavy atom. The second-order valence-electron chi connectivity index (χ2n) is 7.63. The van der Waals surface area contributed by atoms with Crippen LogP contribution in [0.4, 0.5) is 5.13 Å². The number of thioether (sulfide) groups is 1. The Balaban J connectivity index is 1.50. The van der Waals surface area contributed by atoms with E-state index < -0.39 is 0 Å². The van der Waals surface area contributed by atoms with Crippen LogP contribution in [0.25, 0.3) is 22.5 Å². The first-order valence-corrected chi connectivity index (χ1v) is 13.1. The first-order chi connectivity index (χ1) is 17.1. The lowest BCUT2D eigenvalue weighted by molar-refractivity contribution is -0.142. The highest BCUT2D eigenvalue weighted by molar-refractivity contribution is 8.00. The normalized spacial score (nSPS) is 11.7. The van der Waals surface area contributed by atoms with Gasteiger partial charge in [-0.25, -0.2) is 9.97 Å². The van der Waals surface area contributed by atoms with Gasteiger partial charge in [0.25, 0.3) is 0 Å². The van der Waals surface area contributed by atoms with Gasteiger partial charge in [0.05, 0.1) is 35.4 Å². The van der Waals surface area contributed by atoms with Gasteiger partial charge in [0.2, 0.25) is 5.91 Å². The van der Waals surface area contributed by atoms with Gasteiger partial charge in [0.1, 0.15) is 0 Å². The number of benzene rings is 2. The van der Waals surface area contributed by atoms with Gasteiger partial charge >= 0.3 is 5.97 Å². The molecule has 2 heterocycles. The quantitative estimate of drug-likeness (QED) is 0.208. The first-order valence-electron chi connectivity index (χ1n) is 11.4. The van der Waals surface area contributed by atoms with Crippen molar-refractivity contribution in [2.24, 2.45) is 0 Å². The zero-order chi connectivity index (χ0) is 24.6.